The Morgan fingerprint density at radius 1 is 1.13 bits per heavy atom. The van der Waals surface area contributed by atoms with Crippen LogP contribution >= 0.6 is 23.2 Å². The van der Waals surface area contributed by atoms with Crippen molar-refractivity contribution in [1.82, 2.24) is 14.9 Å². The zero-order valence-electron chi connectivity index (χ0n) is 21.1. The Balaban J connectivity index is 1.47. The Labute approximate surface area is 230 Å². The number of carbonyl (C=O) groups excluding carboxylic acids is 1. The summed E-state index contributed by atoms with van der Waals surface area (Å²) in [4.78, 5) is 24.0. The average Bonchev–Trinajstić information content (AvgIpc) is 3.36. The van der Waals surface area contributed by atoms with Crippen LogP contribution in [0.4, 0.5) is 0 Å². The number of halogens is 2. The van der Waals surface area contributed by atoms with Crippen LogP contribution in [0.2, 0.25) is 10.0 Å². The van der Waals surface area contributed by atoms with Gasteiger partial charge in [-0.15, -0.1) is 0 Å². The highest BCUT2D eigenvalue weighted by molar-refractivity contribution is 6.36. The Kier molecular flexibility index (Phi) is 8.14. The third-order valence-corrected chi connectivity index (χ3v) is 7.06. The van der Waals surface area contributed by atoms with Gasteiger partial charge >= 0.3 is 0 Å². The number of ketones is 1. The number of hydrogen-bond acceptors (Lipinski definition) is 8. The SMILES string of the molecule is COc1ncc(C(=O)Cc2c(Cl)cncc2Cl)c2cc(-c3ccccc3OC(C)CN3CCOCC3)oc12. The molecule has 38 heavy (non-hydrogen) atoms. The van der Waals surface area contributed by atoms with Crippen LogP contribution in [0.3, 0.4) is 0 Å². The number of furan rings is 1. The first-order valence-corrected chi connectivity index (χ1v) is 13.0. The molecular weight excluding hydrogens is 529 g/mol. The van der Waals surface area contributed by atoms with E-state index in [-0.39, 0.29) is 24.2 Å². The fraction of sp³-hybridized carbons (Fsp3) is 0.321. The monoisotopic (exact) mass is 555 g/mol. The summed E-state index contributed by atoms with van der Waals surface area (Å²) < 4.78 is 23.5. The van der Waals surface area contributed by atoms with Gasteiger partial charge in [0, 0.05) is 61.2 Å². The van der Waals surface area contributed by atoms with Crippen LogP contribution in [0.25, 0.3) is 22.3 Å². The zero-order valence-corrected chi connectivity index (χ0v) is 22.6. The van der Waals surface area contributed by atoms with Gasteiger partial charge in [0.25, 0.3) is 5.88 Å². The summed E-state index contributed by atoms with van der Waals surface area (Å²) in [5.74, 6) is 1.29. The molecule has 198 valence electrons. The summed E-state index contributed by atoms with van der Waals surface area (Å²) in [6.07, 6.45) is 4.35. The molecule has 0 spiro atoms. The number of rotatable bonds is 9. The van der Waals surface area contributed by atoms with Crippen LogP contribution in [-0.2, 0) is 11.2 Å². The van der Waals surface area contributed by atoms with E-state index in [2.05, 4.69) is 14.9 Å². The van der Waals surface area contributed by atoms with Gasteiger partial charge in [0.15, 0.2) is 11.4 Å². The highest BCUT2D eigenvalue weighted by Crippen LogP contribution is 2.38. The second-order valence-electron chi connectivity index (χ2n) is 9.05. The third-order valence-electron chi connectivity index (χ3n) is 6.41. The number of fused-ring (bicyclic) bond motifs is 1. The Morgan fingerprint density at radius 2 is 1.87 bits per heavy atom. The first kappa shape index (κ1) is 26.4. The molecule has 0 radical (unpaired) electrons. The smallest absolute Gasteiger partial charge is 0.258 e. The first-order chi connectivity index (χ1) is 18.4. The minimum atomic E-state index is -0.212. The minimum absolute atomic E-state index is 0.0113. The van der Waals surface area contributed by atoms with E-state index in [1.807, 2.05) is 37.3 Å². The maximum absolute atomic E-state index is 13.4. The number of benzene rings is 1. The van der Waals surface area contributed by atoms with Crippen molar-refractivity contribution in [3.05, 3.63) is 70.1 Å². The van der Waals surface area contributed by atoms with Gasteiger partial charge in [0.05, 0.1) is 35.9 Å². The number of nitrogens with zero attached hydrogens (tertiary/aromatic N) is 3. The third kappa shape index (κ3) is 5.63. The molecular formula is C28H27Cl2N3O5. The molecule has 0 amide bonds. The van der Waals surface area contributed by atoms with Crippen LogP contribution in [0.15, 0.2) is 53.3 Å². The van der Waals surface area contributed by atoms with Gasteiger partial charge in [-0.2, -0.15) is 0 Å². The standard InChI is InChI=1S/C28H27Cl2N3O5/c1-17(16-33-7-9-36-10-8-33)37-25-6-4-3-5-18(25)26-12-19-21(13-32-28(35-2)27(19)38-26)24(34)11-20-22(29)14-31-15-23(20)30/h3-6,12-15,17H,7-11,16H2,1-2H3. The molecule has 1 unspecified atom stereocenters. The number of carbonyl (C=O) groups is 1. The van der Waals surface area contributed by atoms with E-state index < -0.39 is 0 Å². The maximum atomic E-state index is 13.4. The van der Waals surface area contributed by atoms with Crippen LogP contribution in [0.5, 0.6) is 11.6 Å². The van der Waals surface area contributed by atoms with Crippen molar-refractivity contribution < 1.29 is 23.4 Å². The molecule has 3 aromatic heterocycles. The predicted octanol–water partition coefficient (Wildman–Crippen LogP) is 5.73. The summed E-state index contributed by atoms with van der Waals surface area (Å²) >= 11 is 12.5. The fourth-order valence-corrected chi connectivity index (χ4v) is 5.04. The van der Waals surface area contributed by atoms with Gasteiger partial charge in [0.2, 0.25) is 0 Å². The molecule has 1 aliphatic rings. The van der Waals surface area contributed by atoms with Crippen molar-refractivity contribution in [3.8, 4) is 23.0 Å². The summed E-state index contributed by atoms with van der Waals surface area (Å²) in [6.45, 7) is 6.08. The minimum Gasteiger partial charge on any atom is -0.489 e. The number of aromatic nitrogens is 2. The summed E-state index contributed by atoms with van der Waals surface area (Å²) in [5, 5.41) is 1.23. The molecule has 0 N–H and O–H groups in total. The van der Waals surface area contributed by atoms with E-state index in [9.17, 15) is 4.79 Å². The number of methoxy groups -OCH3 is 1. The molecule has 0 saturated carbocycles. The highest BCUT2D eigenvalue weighted by atomic mass is 35.5. The van der Waals surface area contributed by atoms with Crippen molar-refractivity contribution in [1.29, 1.82) is 0 Å². The van der Waals surface area contributed by atoms with Crippen molar-refractivity contribution >= 4 is 40.0 Å². The summed E-state index contributed by atoms with van der Waals surface area (Å²) in [7, 11) is 1.51. The molecule has 10 heteroatoms. The molecule has 4 aromatic rings. The van der Waals surface area contributed by atoms with E-state index >= 15 is 0 Å². The van der Waals surface area contributed by atoms with Crippen molar-refractivity contribution in [2.24, 2.45) is 0 Å². The van der Waals surface area contributed by atoms with Gasteiger partial charge in [-0.3, -0.25) is 14.7 Å². The number of pyridine rings is 2. The highest BCUT2D eigenvalue weighted by Gasteiger charge is 2.23. The second-order valence-corrected chi connectivity index (χ2v) is 9.87. The molecule has 0 bridgehead atoms. The van der Waals surface area contributed by atoms with E-state index in [4.69, 9.17) is 41.8 Å². The number of Topliss-reactive ketones (excluding diaryl/α,β-unsaturated/α-hetero) is 1. The molecule has 8 nitrogen and oxygen atoms in total. The van der Waals surface area contributed by atoms with Crippen molar-refractivity contribution in [2.75, 3.05) is 40.0 Å². The lowest BCUT2D eigenvalue weighted by Gasteiger charge is -2.29. The average molecular weight is 556 g/mol. The fourth-order valence-electron chi connectivity index (χ4n) is 4.54. The normalized spacial score (nSPS) is 14.9. The van der Waals surface area contributed by atoms with Gasteiger partial charge < -0.3 is 18.6 Å². The van der Waals surface area contributed by atoms with E-state index in [0.717, 1.165) is 38.4 Å². The number of para-hydroxylation sites is 1. The molecule has 5 rings (SSSR count). The largest absolute Gasteiger partial charge is 0.489 e. The molecule has 1 fully saturated rings. The van der Waals surface area contributed by atoms with Gasteiger partial charge in [0.1, 0.15) is 17.6 Å². The lowest BCUT2D eigenvalue weighted by Crippen LogP contribution is -2.41. The van der Waals surface area contributed by atoms with Gasteiger partial charge in [-0.05, 0) is 25.1 Å². The Hall–Kier alpha value is -3.17. The van der Waals surface area contributed by atoms with E-state index in [1.165, 1.54) is 25.7 Å². The maximum Gasteiger partial charge on any atom is 0.258 e. The number of hydrogen-bond donors (Lipinski definition) is 0. The van der Waals surface area contributed by atoms with E-state index in [1.54, 1.807) is 0 Å². The van der Waals surface area contributed by atoms with E-state index in [0.29, 0.717) is 43.7 Å². The molecule has 1 atom stereocenters. The number of ether oxygens (including phenoxy) is 3. The van der Waals surface area contributed by atoms with Crippen LogP contribution < -0.4 is 9.47 Å². The van der Waals surface area contributed by atoms with Crippen LogP contribution in [0, 0.1) is 0 Å². The van der Waals surface area contributed by atoms with Crippen molar-refractivity contribution in [3.63, 3.8) is 0 Å². The second kappa shape index (κ2) is 11.7. The Bertz CT molecular complexity index is 1430. The topological polar surface area (TPSA) is 86.9 Å². The number of morpholine rings is 1. The summed E-state index contributed by atoms with van der Waals surface area (Å²) in [5.41, 5.74) is 2.02. The molecule has 0 aliphatic carbocycles. The lowest BCUT2D eigenvalue weighted by atomic mass is 10.0. The van der Waals surface area contributed by atoms with Gasteiger partial charge in [-0.1, -0.05) is 35.3 Å². The first-order valence-electron chi connectivity index (χ1n) is 12.3. The molecule has 1 aliphatic heterocycles. The summed E-state index contributed by atoms with van der Waals surface area (Å²) in [6, 6.07) is 9.48. The van der Waals surface area contributed by atoms with Gasteiger partial charge in [-0.25, -0.2) is 4.98 Å². The van der Waals surface area contributed by atoms with Crippen molar-refractivity contribution in [2.45, 2.75) is 19.4 Å². The Morgan fingerprint density at radius 3 is 2.61 bits per heavy atom. The van der Waals surface area contributed by atoms with Crippen LogP contribution in [-0.4, -0.2) is 66.7 Å². The molecule has 1 saturated heterocycles. The predicted molar refractivity (Wildman–Crippen MR) is 146 cm³/mol. The molecule has 1 aromatic carbocycles. The zero-order chi connectivity index (χ0) is 26.6. The quantitative estimate of drug-likeness (QED) is 0.242. The van der Waals surface area contributed by atoms with Crippen LogP contribution in [0.1, 0.15) is 22.8 Å². The lowest BCUT2D eigenvalue weighted by molar-refractivity contribution is 0.0219. The molecule has 4 heterocycles.